The molecule has 62 heavy (non-hydrogen) atoms. The molecule has 0 fully saturated rings. The Morgan fingerprint density at radius 2 is 0.758 bits per heavy atom. The van der Waals surface area contributed by atoms with Crippen LogP contribution < -0.4 is 0 Å². The van der Waals surface area contributed by atoms with Crippen molar-refractivity contribution in [3.63, 3.8) is 0 Å². The van der Waals surface area contributed by atoms with E-state index in [2.05, 4.69) is 106 Å². The maximum Gasteiger partial charge on any atom is 0.306 e. The summed E-state index contributed by atoms with van der Waals surface area (Å²) in [7, 11) is 0. The first-order valence-electron chi connectivity index (χ1n) is 26.1. The van der Waals surface area contributed by atoms with Crippen molar-refractivity contribution in [2.24, 2.45) is 0 Å². The molecule has 0 aromatic carbocycles. The predicted molar refractivity (Wildman–Crippen MR) is 270 cm³/mol. The van der Waals surface area contributed by atoms with Crippen LogP contribution in [-0.4, -0.2) is 37.9 Å². The van der Waals surface area contributed by atoms with Gasteiger partial charge in [-0.1, -0.05) is 221 Å². The maximum absolute atomic E-state index is 12.8. The van der Waals surface area contributed by atoms with Gasteiger partial charge in [-0.15, -0.1) is 0 Å². The Morgan fingerprint density at radius 3 is 1.23 bits per heavy atom. The Bertz CT molecular complexity index is 1160. The number of hydrogen-bond acceptors (Lipinski definition) is 5. The van der Waals surface area contributed by atoms with E-state index in [1.54, 1.807) is 0 Å². The molecule has 0 aliphatic carbocycles. The number of carbonyl (C=O) groups is 2. The zero-order valence-electron chi connectivity index (χ0n) is 40.9. The third-order valence-corrected chi connectivity index (χ3v) is 10.9. The number of rotatable bonds is 47. The number of allylic oxidation sites excluding steroid dienone is 14. The average Bonchev–Trinajstić information content (AvgIpc) is 3.27. The number of ether oxygens (including phenoxy) is 3. The molecule has 0 aliphatic rings. The molecule has 356 valence electrons. The van der Waals surface area contributed by atoms with Crippen molar-refractivity contribution >= 4 is 11.9 Å². The molecule has 0 aromatic rings. The summed E-state index contributed by atoms with van der Waals surface area (Å²) in [4.78, 5) is 25.4. The van der Waals surface area contributed by atoms with Crippen molar-refractivity contribution in [3.05, 3.63) is 85.1 Å². The zero-order chi connectivity index (χ0) is 44.9. The molecule has 0 N–H and O–H groups in total. The summed E-state index contributed by atoms with van der Waals surface area (Å²) in [5.41, 5.74) is 0. The lowest BCUT2D eigenvalue weighted by molar-refractivity contribution is -0.163. The Hall–Kier alpha value is -2.92. The van der Waals surface area contributed by atoms with Crippen LogP contribution in [0, 0.1) is 0 Å². The Labute approximate surface area is 384 Å². The summed E-state index contributed by atoms with van der Waals surface area (Å²) in [6, 6.07) is 0. The van der Waals surface area contributed by atoms with Crippen molar-refractivity contribution in [1.82, 2.24) is 0 Å². The third-order valence-electron chi connectivity index (χ3n) is 10.9. The van der Waals surface area contributed by atoms with Crippen LogP contribution in [0.15, 0.2) is 85.1 Å². The first-order chi connectivity index (χ1) is 30.6. The molecule has 1 atom stereocenters. The van der Waals surface area contributed by atoms with Crippen LogP contribution in [0.1, 0.15) is 239 Å². The van der Waals surface area contributed by atoms with Crippen LogP contribution >= 0.6 is 0 Å². The van der Waals surface area contributed by atoms with Gasteiger partial charge in [0, 0.05) is 19.4 Å². The molecule has 0 aliphatic heterocycles. The molecule has 1 unspecified atom stereocenters. The van der Waals surface area contributed by atoms with Gasteiger partial charge in [-0.3, -0.25) is 9.59 Å². The third kappa shape index (κ3) is 49.7. The van der Waals surface area contributed by atoms with Gasteiger partial charge in [-0.05, 0) is 89.9 Å². The van der Waals surface area contributed by atoms with Crippen LogP contribution in [0.25, 0.3) is 0 Å². The first kappa shape index (κ1) is 59.1. The molecule has 0 rings (SSSR count). The number of hydrogen-bond donors (Lipinski definition) is 0. The highest BCUT2D eigenvalue weighted by atomic mass is 16.6. The van der Waals surface area contributed by atoms with Gasteiger partial charge in [-0.2, -0.15) is 0 Å². The van der Waals surface area contributed by atoms with Gasteiger partial charge in [0.2, 0.25) is 0 Å². The quantitative estimate of drug-likeness (QED) is 0.0346. The second-order valence-corrected chi connectivity index (χ2v) is 17.0. The fourth-order valence-corrected chi connectivity index (χ4v) is 7.04. The van der Waals surface area contributed by atoms with E-state index in [0.717, 1.165) is 103 Å². The SMILES string of the molecule is CC/C=C\C/C=C\C/C=C\C/C=C\C/C=C\CCCCCCOCC(COC(=O)CCCCCCC/C=C\C/C=C\CCC)OC(=O)CCCCCCCCCCCCCCC. The lowest BCUT2D eigenvalue weighted by Crippen LogP contribution is -2.30. The van der Waals surface area contributed by atoms with Gasteiger partial charge in [0.15, 0.2) is 6.10 Å². The fourth-order valence-electron chi connectivity index (χ4n) is 7.04. The van der Waals surface area contributed by atoms with Crippen LogP contribution in [0.3, 0.4) is 0 Å². The average molecular weight is 863 g/mol. The summed E-state index contributed by atoms with van der Waals surface area (Å²) in [6.45, 7) is 7.59. The summed E-state index contributed by atoms with van der Waals surface area (Å²) in [6.07, 6.45) is 68.8. The topological polar surface area (TPSA) is 61.8 Å². The molecule has 0 saturated carbocycles. The fraction of sp³-hybridized carbons (Fsp3) is 0.719. The van der Waals surface area contributed by atoms with E-state index < -0.39 is 6.10 Å². The highest BCUT2D eigenvalue weighted by molar-refractivity contribution is 5.70. The Balaban J connectivity index is 4.32. The molecular weight excluding hydrogens is 765 g/mol. The Morgan fingerprint density at radius 1 is 0.371 bits per heavy atom. The molecular formula is C57H98O5. The summed E-state index contributed by atoms with van der Waals surface area (Å²) >= 11 is 0. The van der Waals surface area contributed by atoms with E-state index in [1.165, 1.54) is 103 Å². The van der Waals surface area contributed by atoms with Crippen molar-refractivity contribution in [1.29, 1.82) is 0 Å². The van der Waals surface area contributed by atoms with Crippen molar-refractivity contribution in [2.45, 2.75) is 245 Å². The highest BCUT2D eigenvalue weighted by Crippen LogP contribution is 2.14. The van der Waals surface area contributed by atoms with Crippen molar-refractivity contribution in [2.75, 3.05) is 19.8 Å². The number of carbonyl (C=O) groups excluding carboxylic acids is 2. The molecule has 0 amide bonds. The number of esters is 2. The summed E-state index contributed by atoms with van der Waals surface area (Å²) < 4.78 is 17.4. The van der Waals surface area contributed by atoms with Crippen LogP contribution in [0.5, 0.6) is 0 Å². The van der Waals surface area contributed by atoms with Crippen LogP contribution in [0.2, 0.25) is 0 Å². The van der Waals surface area contributed by atoms with Gasteiger partial charge in [0.25, 0.3) is 0 Å². The van der Waals surface area contributed by atoms with Gasteiger partial charge in [-0.25, -0.2) is 0 Å². The number of unbranched alkanes of at least 4 members (excludes halogenated alkanes) is 22. The summed E-state index contributed by atoms with van der Waals surface area (Å²) in [5, 5.41) is 0. The molecule has 5 heteroatoms. The van der Waals surface area contributed by atoms with Gasteiger partial charge >= 0.3 is 11.9 Å². The van der Waals surface area contributed by atoms with E-state index >= 15 is 0 Å². The van der Waals surface area contributed by atoms with Crippen LogP contribution in [0.4, 0.5) is 0 Å². The molecule has 0 bridgehead atoms. The van der Waals surface area contributed by atoms with E-state index in [-0.39, 0.29) is 25.2 Å². The second kappa shape index (κ2) is 52.4. The van der Waals surface area contributed by atoms with Gasteiger partial charge in [0.1, 0.15) is 6.61 Å². The van der Waals surface area contributed by atoms with E-state index in [9.17, 15) is 9.59 Å². The molecule has 0 spiro atoms. The minimum Gasteiger partial charge on any atom is -0.462 e. The monoisotopic (exact) mass is 863 g/mol. The maximum atomic E-state index is 12.8. The van der Waals surface area contributed by atoms with E-state index in [1.807, 2.05) is 0 Å². The van der Waals surface area contributed by atoms with Crippen LogP contribution in [-0.2, 0) is 23.8 Å². The van der Waals surface area contributed by atoms with Gasteiger partial charge < -0.3 is 14.2 Å². The minimum absolute atomic E-state index is 0.0659. The lowest BCUT2D eigenvalue weighted by atomic mass is 10.0. The van der Waals surface area contributed by atoms with Crippen molar-refractivity contribution < 1.29 is 23.8 Å². The molecule has 5 nitrogen and oxygen atoms in total. The normalized spacial score (nSPS) is 12.9. The molecule has 0 radical (unpaired) electrons. The van der Waals surface area contributed by atoms with Crippen molar-refractivity contribution in [3.8, 4) is 0 Å². The van der Waals surface area contributed by atoms with Gasteiger partial charge in [0.05, 0.1) is 6.61 Å². The largest absolute Gasteiger partial charge is 0.462 e. The van der Waals surface area contributed by atoms with E-state index in [0.29, 0.717) is 19.4 Å². The predicted octanol–water partition coefficient (Wildman–Crippen LogP) is 17.7. The lowest BCUT2D eigenvalue weighted by Gasteiger charge is -2.18. The Kier molecular flexibility index (Phi) is 50.0. The molecule has 0 heterocycles. The minimum atomic E-state index is -0.557. The standard InChI is InChI=1S/C57H98O5/c1-4-7-10-13-16-19-22-25-26-27-28-29-30-31-34-37-40-43-46-49-52-60-53-55(62-57(59)51-48-45-42-39-36-33-24-21-18-15-12-9-6-3)54-61-56(58)50-47-44-41-38-35-32-23-20-17-14-11-8-5-2/h7,10-11,14,16,19-20,23,25-26,28-29,31,34,55H,4-6,8-9,12-13,15,17-18,21-22,24,27,30,32-33,35-54H2,1-3H3/b10-7-,14-11-,19-16-,23-20-,26-25-,29-28-,34-31-. The highest BCUT2D eigenvalue weighted by Gasteiger charge is 2.17. The van der Waals surface area contributed by atoms with E-state index in [4.69, 9.17) is 14.2 Å². The second-order valence-electron chi connectivity index (χ2n) is 17.0. The molecule has 0 saturated heterocycles. The smallest absolute Gasteiger partial charge is 0.306 e. The summed E-state index contributed by atoms with van der Waals surface area (Å²) in [5.74, 6) is -0.426. The molecule has 0 aromatic heterocycles. The zero-order valence-corrected chi connectivity index (χ0v) is 40.9. The first-order valence-corrected chi connectivity index (χ1v) is 26.1.